The van der Waals surface area contributed by atoms with Gasteiger partial charge in [0.25, 0.3) is 0 Å². The highest BCUT2D eigenvalue weighted by atomic mass is 16.5. The van der Waals surface area contributed by atoms with Gasteiger partial charge in [-0.2, -0.15) is 0 Å². The summed E-state index contributed by atoms with van der Waals surface area (Å²) in [6, 6.07) is 7.73. The van der Waals surface area contributed by atoms with Crippen molar-refractivity contribution >= 4 is 11.7 Å². The topological polar surface area (TPSA) is 62.2 Å². The van der Waals surface area contributed by atoms with Gasteiger partial charge in [0.15, 0.2) is 0 Å². The summed E-state index contributed by atoms with van der Waals surface area (Å²) in [7, 11) is 1.64. The first-order valence-corrected chi connectivity index (χ1v) is 7.60. The molecule has 1 aromatic rings. The molecule has 2 rings (SSSR count). The van der Waals surface area contributed by atoms with Crippen molar-refractivity contribution in [2.45, 2.75) is 6.42 Å². The zero-order valence-electron chi connectivity index (χ0n) is 13.0. The van der Waals surface area contributed by atoms with Gasteiger partial charge in [-0.25, -0.2) is 0 Å². The Morgan fingerprint density at radius 3 is 2.73 bits per heavy atom. The molecule has 0 aromatic heterocycles. The second kappa shape index (κ2) is 8.60. The van der Waals surface area contributed by atoms with E-state index in [1.165, 1.54) is 0 Å². The molecule has 6 heteroatoms. The predicted molar refractivity (Wildman–Crippen MR) is 84.7 cm³/mol. The lowest BCUT2D eigenvalue weighted by Gasteiger charge is -2.31. The summed E-state index contributed by atoms with van der Waals surface area (Å²) < 4.78 is 10.8. The molecule has 6 nitrogen and oxygen atoms in total. The van der Waals surface area contributed by atoms with Crippen LogP contribution >= 0.6 is 0 Å². The van der Waals surface area contributed by atoms with Crippen molar-refractivity contribution in [3.8, 4) is 5.75 Å². The molecule has 0 radical (unpaired) electrons. The van der Waals surface area contributed by atoms with E-state index in [-0.39, 0.29) is 6.42 Å². The van der Waals surface area contributed by atoms with Gasteiger partial charge in [0, 0.05) is 32.7 Å². The quantitative estimate of drug-likeness (QED) is 0.781. The van der Waals surface area contributed by atoms with Gasteiger partial charge in [0.1, 0.15) is 5.75 Å². The van der Waals surface area contributed by atoms with Gasteiger partial charge in [0.05, 0.1) is 32.4 Å². The molecule has 0 saturated carbocycles. The molecule has 1 saturated heterocycles. The van der Waals surface area contributed by atoms with Crippen LogP contribution in [0.15, 0.2) is 24.3 Å². The van der Waals surface area contributed by atoms with Gasteiger partial charge in [-0.05, 0) is 12.1 Å². The van der Waals surface area contributed by atoms with Crippen LogP contribution in [0.2, 0.25) is 0 Å². The van der Waals surface area contributed by atoms with Gasteiger partial charge >= 0.3 is 5.97 Å². The van der Waals surface area contributed by atoms with Gasteiger partial charge in [0.2, 0.25) is 0 Å². The predicted octanol–water partition coefficient (Wildman–Crippen LogP) is 1.31. The number of hydrogen-bond acceptors (Lipinski definition) is 5. The Hall–Kier alpha value is -1.79. The highest BCUT2D eigenvalue weighted by Gasteiger charge is 2.16. The number of carbonyl (C=O) groups is 1. The van der Waals surface area contributed by atoms with Crippen LogP contribution in [0, 0.1) is 0 Å². The maximum absolute atomic E-state index is 10.9. The van der Waals surface area contributed by atoms with E-state index < -0.39 is 5.97 Å². The summed E-state index contributed by atoms with van der Waals surface area (Å²) in [5.74, 6) is -0.0128. The van der Waals surface area contributed by atoms with Crippen molar-refractivity contribution < 1.29 is 19.4 Å². The fourth-order valence-corrected chi connectivity index (χ4v) is 2.56. The SMILES string of the molecule is COc1ccccc1N(CCC(=O)O)CCN1CCOCC1. The van der Waals surface area contributed by atoms with E-state index in [4.69, 9.17) is 14.6 Å². The number of ether oxygens (including phenoxy) is 2. The fourth-order valence-electron chi connectivity index (χ4n) is 2.56. The van der Waals surface area contributed by atoms with E-state index >= 15 is 0 Å². The Bertz CT molecular complexity index is 475. The second-order valence-electron chi connectivity index (χ2n) is 5.26. The summed E-state index contributed by atoms with van der Waals surface area (Å²) >= 11 is 0. The third-order valence-electron chi connectivity index (χ3n) is 3.81. The van der Waals surface area contributed by atoms with Crippen LogP contribution in [0.3, 0.4) is 0 Å². The summed E-state index contributed by atoms with van der Waals surface area (Å²) in [4.78, 5) is 15.3. The molecule has 0 bridgehead atoms. The highest BCUT2D eigenvalue weighted by molar-refractivity contribution is 5.68. The average molecular weight is 308 g/mol. The van der Waals surface area contributed by atoms with E-state index in [2.05, 4.69) is 9.80 Å². The van der Waals surface area contributed by atoms with Gasteiger partial charge in [-0.3, -0.25) is 9.69 Å². The van der Waals surface area contributed by atoms with Crippen molar-refractivity contribution in [1.29, 1.82) is 0 Å². The van der Waals surface area contributed by atoms with Gasteiger partial charge in [-0.15, -0.1) is 0 Å². The first-order valence-electron chi connectivity index (χ1n) is 7.60. The van der Waals surface area contributed by atoms with Gasteiger partial charge in [-0.1, -0.05) is 12.1 Å². The van der Waals surface area contributed by atoms with Crippen molar-refractivity contribution in [3.05, 3.63) is 24.3 Å². The lowest BCUT2D eigenvalue weighted by Crippen LogP contribution is -2.42. The molecule has 0 aliphatic carbocycles. The first-order chi connectivity index (χ1) is 10.7. The number of rotatable bonds is 8. The minimum absolute atomic E-state index is 0.112. The van der Waals surface area contributed by atoms with Crippen LogP contribution in [0.4, 0.5) is 5.69 Å². The van der Waals surface area contributed by atoms with E-state index in [1.807, 2.05) is 24.3 Å². The molecule has 1 fully saturated rings. The minimum atomic E-state index is -0.786. The third kappa shape index (κ3) is 4.89. The van der Waals surface area contributed by atoms with Crippen molar-refractivity contribution in [1.82, 2.24) is 4.90 Å². The van der Waals surface area contributed by atoms with Crippen molar-refractivity contribution in [2.24, 2.45) is 0 Å². The summed E-state index contributed by atoms with van der Waals surface area (Å²) in [5.41, 5.74) is 0.944. The normalized spacial score (nSPS) is 15.5. The number of aliphatic carboxylic acids is 1. The molecule has 1 aliphatic rings. The minimum Gasteiger partial charge on any atom is -0.495 e. The monoisotopic (exact) mass is 308 g/mol. The maximum Gasteiger partial charge on any atom is 0.305 e. The van der Waals surface area contributed by atoms with E-state index in [0.717, 1.165) is 50.8 Å². The first kappa shape index (κ1) is 16.6. The van der Waals surface area contributed by atoms with E-state index in [9.17, 15) is 4.79 Å². The van der Waals surface area contributed by atoms with E-state index in [0.29, 0.717) is 6.54 Å². The third-order valence-corrected chi connectivity index (χ3v) is 3.81. The van der Waals surface area contributed by atoms with Crippen LogP contribution in [-0.4, -0.2) is 69.0 Å². The van der Waals surface area contributed by atoms with E-state index in [1.54, 1.807) is 7.11 Å². The molecule has 0 spiro atoms. The lowest BCUT2D eigenvalue weighted by atomic mass is 10.2. The number of carboxylic acid groups (broad SMARTS) is 1. The Labute approximate surface area is 131 Å². The number of morpholine rings is 1. The van der Waals surface area contributed by atoms with Crippen LogP contribution in [0.25, 0.3) is 0 Å². The Morgan fingerprint density at radius 2 is 2.05 bits per heavy atom. The number of nitrogens with zero attached hydrogens (tertiary/aromatic N) is 2. The largest absolute Gasteiger partial charge is 0.495 e. The van der Waals surface area contributed by atoms with Crippen LogP contribution in [0.5, 0.6) is 5.75 Å². The Morgan fingerprint density at radius 1 is 1.32 bits per heavy atom. The summed E-state index contributed by atoms with van der Waals surface area (Å²) in [6.45, 7) is 5.53. The maximum atomic E-state index is 10.9. The molecular weight excluding hydrogens is 284 g/mol. The zero-order valence-corrected chi connectivity index (χ0v) is 13.0. The number of anilines is 1. The van der Waals surface area contributed by atoms with Crippen LogP contribution in [-0.2, 0) is 9.53 Å². The molecule has 0 unspecified atom stereocenters. The van der Waals surface area contributed by atoms with Crippen LogP contribution < -0.4 is 9.64 Å². The molecule has 1 aromatic carbocycles. The summed E-state index contributed by atoms with van der Waals surface area (Å²) in [6.07, 6.45) is 0.112. The second-order valence-corrected chi connectivity index (χ2v) is 5.26. The number of carboxylic acids is 1. The lowest BCUT2D eigenvalue weighted by molar-refractivity contribution is -0.136. The Kier molecular flexibility index (Phi) is 6.48. The molecule has 122 valence electrons. The fraction of sp³-hybridized carbons (Fsp3) is 0.562. The molecule has 0 atom stereocenters. The number of para-hydroxylation sites is 2. The molecule has 1 aliphatic heterocycles. The van der Waals surface area contributed by atoms with Crippen molar-refractivity contribution in [2.75, 3.05) is 57.9 Å². The molecular formula is C16H24N2O4. The molecule has 1 heterocycles. The number of benzene rings is 1. The average Bonchev–Trinajstić information content (AvgIpc) is 2.55. The number of methoxy groups -OCH3 is 1. The smallest absolute Gasteiger partial charge is 0.305 e. The van der Waals surface area contributed by atoms with Gasteiger partial charge < -0.3 is 19.5 Å². The number of hydrogen-bond donors (Lipinski definition) is 1. The van der Waals surface area contributed by atoms with Crippen LogP contribution in [0.1, 0.15) is 6.42 Å². The molecule has 22 heavy (non-hydrogen) atoms. The standard InChI is InChI=1S/C16H24N2O4/c1-21-15-5-3-2-4-14(15)18(7-6-16(19)20)9-8-17-10-12-22-13-11-17/h2-5H,6-13H2,1H3,(H,19,20). The summed E-state index contributed by atoms with van der Waals surface area (Å²) in [5, 5.41) is 8.97. The highest BCUT2D eigenvalue weighted by Crippen LogP contribution is 2.27. The Balaban J connectivity index is 2.02. The molecule has 1 N–H and O–H groups in total. The molecule has 0 amide bonds. The zero-order chi connectivity index (χ0) is 15.8. The van der Waals surface area contributed by atoms with Crippen molar-refractivity contribution in [3.63, 3.8) is 0 Å².